The van der Waals surface area contributed by atoms with Crippen molar-refractivity contribution >= 4 is 21.9 Å². The maximum absolute atomic E-state index is 11.1. The van der Waals surface area contributed by atoms with E-state index < -0.39 is 11.6 Å². The summed E-state index contributed by atoms with van der Waals surface area (Å²) in [7, 11) is 0. The van der Waals surface area contributed by atoms with Gasteiger partial charge in [-0.15, -0.1) is 0 Å². The lowest BCUT2D eigenvalue weighted by molar-refractivity contribution is -0.156. The first-order valence-electron chi connectivity index (χ1n) is 3.92. The van der Waals surface area contributed by atoms with E-state index in [1.54, 1.807) is 0 Å². The third kappa shape index (κ3) is 2.75. The predicted octanol–water partition coefficient (Wildman–Crippen LogP) is 1.23. The van der Waals surface area contributed by atoms with Crippen LogP contribution in [0, 0.1) is 0 Å². The molecule has 1 N–H and O–H groups in total. The zero-order valence-corrected chi connectivity index (χ0v) is 8.85. The van der Waals surface area contributed by atoms with Crippen molar-refractivity contribution in [1.29, 1.82) is 0 Å². The van der Waals surface area contributed by atoms with Gasteiger partial charge in [0.15, 0.2) is 5.60 Å². The Morgan fingerprint density at radius 1 is 1.67 bits per heavy atom. The highest BCUT2D eigenvalue weighted by Gasteiger charge is 2.49. The second kappa shape index (κ2) is 3.00. The Kier molecular flexibility index (Phi) is 2.50. The number of esters is 1. The van der Waals surface area contributed by atoms with Crippen LogP contribution in [0.15, 0.2) is 0 Å². The minimum absolute atomic E-state index is 0.214. The monoisotopic (exact) mass is 236 g/mol. The number of hydrogen-bond donors (Lipinski definition) is 1. The quantitative estimate of drug-likeness (QED) is 0.593. The number of halogens is 1. The number of carbonyl (C=O) groups is 1. The maximum atomic E-state index is 11.1. The van der Waals surface area contributed by atoms with E-state index in [1.807, 2.05) is 13.8 Å². The smallest absolute Gasteiger partial charge is 0.338 e. The van der Waals surface area contributed by atoms with Crippen LogP contribution in [-0.2, 0) is 9.53 Å². The molecule has 0 spiro atoms. The van der Waals surface area contributed by atoms with Crippen molar-refractivity contribution in [2.24, 2.45) is 0 Å². The van der Waals surface area contributed by atoms with E-state index in [0.717, 1.165) is 0 Å². The topological polar surface area (TPSA) is 46.5 Å². The second-order valence-electron chi connectivity index (χ2n) is 3.83. The first-order chi connectivity index (χ1) is 5.33. The molecule has 0 saturated heterocycles. The first-order valence-corrected chi connectivity index (χ1v) is 4.71. The van der Waals surface area contributed by atoms with Gasteiger partial charge in [0.05, 0.1) is 4.32 Å². The van der Waals surface area contributed by atoms with Crippen molar-refractivity contribution in [3.8, 4) is 0 Å². The molecule has 0 aliphatic heterocycles. The molecule has 3 nitrogen and oxygen atoms in total. The van der Waals surface area contributed by atoms with Crippen LogP contribution in [0.1, 0.15) is 26.7 Å². The zero-order chi connectivity index (χ0) is 9.41. The lowest BCUT2D eigenvalue weighted by atomic mass is 10.2. The van der Waals surface area contributed by atoms with Crippen LogP contribution in [0.4, 0.5) is 0 Å². The molecule has 0 aromatic heterocycles. The van der Waals surface area contributed by atoms with E-state index in [1.165, 1.54) is 0 Å². The normalized spacial score (nSPS) is 20.3. The summed E-state index contributed by atoms with van der Waals surface area (Å²) in [6, 6.07) is 0. The molecule has 0 atom stereocenters. The lowest BCUT2D eigenvalue weighted by Gasteiger charge is -2.17. The largest absolute Gasteiger partial charge is 0.462 e. The number of ether oxygens (including phenoxy) is 1. The predicted molar refractivity (Wildman–Crippen MR) is 48.1 cm³/mol. The van der Waals surface area contributed by atoms with Gasteiger partial charge >= 0.3 is 5.97 Å². The highest BCUT2D eigenvalue weighted by molar-refractivity contribution is 9.10. The van der Waals surface area contributed by atoms with E-state index in [0.29, 0.717) is 12.8 Å². The molecular weight excluding hydrogens is 224 g/mol. The lowest BCUT2D eigenvalue weighted by Crippen LogP contribution is -2.29. The zero-order valence-electron chi connectivity index (χ0n) is 7.26. The molecule has 1 fully saturated rings. The van der Waals surface area contributed by atoms with Gasteiger partial charge in [-0.3, -0.25) is 0 Å². The van der Waals surface area contributed by atoms with Gasteiger partial charge in [-0.05, 0) is 26.7 Å². The second-order valence-corrected chi connectivity index (χ2v) is 5.97. The molecule has 1 aliphatic rings. The molecule has 1 saturated carbocycles. The first kappa shape index (κ1) is 9.99. The number of carbonyl (C=O) groups excluding carboxylic acids is 1. The Morgan fingerprint density at radius 2 is 2.17 bits per heavy atom. The number of alkyl halides is 1. The molecule has 0 unspecified atom stereocenters. The number of hydrogen-bond acceptors (Lipinski definition) is 3. The van der Waals surface area contributed by atoms with Gasteiger partial charge < -0.3 is 9.84 Å². The maximum Gasteiger partial charge on any atom is 0.338 e. The fourth-order valence-corrected chi connectivity index (χ4v) is 0.808. The molecule has 0 radical (unpaired) electrons. The summed E-state index contributed by atoms with van der Waals surface area (Å²) in [5.41, 5.74) is -1.15. The van der Waals surface area contributed by atoms with Crippen molar-refractivity contribution in [2.45, 2.75) is 36.6 Å². The van der Waals surface area contributed by atoms with Crippen LogP contribution in [-0.4, -0.2) is 27.6 Å². The van der Waals surface area contributed by atoms with Gasteiger partial charge in [0, 0.05) is 0 Å². The minimum Gasteiger partial charge on any atom is -0.462 e. The molecule has 0 bridgehead atoms. The average Bonchev–Trinajstić information content (AvgIpc) is 2.62. The van der Waals surface area contributed by atoms with Crippen LogP contribution in [0.5, 0.6) is 0 Å². The van der Waals surface area contributed by atoms with Gasteiger partial charge in [-0.1, -0.05) is 15.9 Å². The standard InChI is InChI=1S/C8H13BrO3/c1-7(2,9)5-12-6(10)8(11)3-4-8/h11H,3-5H2,1-2H3. The Morgan fingerprint density at radius 3 is 2.50 bits per heavy atom. The van der Waals surface area contributed by atoms with Crippen LogP contribution in [0.25, 0.3) is 0 Å². The molecule has 1 aliphatic carbocycles. The number of aliphatic hydroxyl groups is 1. The van der Waals surface area contributed by atoms with E-state index in [-0.39, 0.29) is 10.9 Å². The van der Waals surface area contributed by atoms with Gasteiger partial charge in [-0.2, -0.15) is 0 Å². The van der Waals surface area contributed by atoms with E-state index in [4.69, 9.17) is 4.74 Å². The highest BCUT2D eigenvalue weighted by Crippen LogP contribution is 2.36. The Balaban J connectivity index is 2.29. The molecule has 4 heteroatoms. The summed E-state index contributed by atoms with van der Waals surface area (Å²) in [6.45, 7) is 4.09. The van der Waals surface area contributed by atoms with Crippen LogP contribution in [0.3, 0.4) is 0 Å². The molecule has 12 heavy (non-hydrogen) atoms. The molecule has 1 rings (SSSR count). The third-order valence-corrected chi connectivity index (χ3v) is 1.88. The Hall–Kier alpha value is -0.0900. The van der Waals surface area contributed by atoms with E-state index >= 15 is 0 Å². The Bertz CT molecular complexity index is 191. The Labute approximate surface area is 80.2 Å². The van der Waals surface area contributed by atoms with Crippen molar-refractivity contribution in [3.63, 3.8) is 0 Å². The summed E-state index contributed by atoms with van der Waals surface area (Å²) >= 11 is 3.34. The van der Waals surface area contributed by atoms with E-state index in [2.05, 4.69) is 15.9 Å². The molecule has 0 amide bonds. The molecule has 70 valence electrons. The SMILES string of the molecule is CC(C)(Br)COC(=O)C1(O)CC1. The van der Waals surface area contributed by atoms with Gasteiger partial charge in [0.1, 0.15) is 6.61 Å². The summed E-state index contributed by atoms with van der Waals surface area (Å²) < 4.78 is 4.68. The summed E-state index contributed by atoms with van der Waals surface area (Å²) in [6.07, 6.45) is 1.07. The molecule has 0 heterocycles. The van der Waals surface area contributed by atoms with Crippen LogP contribution < -0.4 is 0 Å². The van der Waals surface area contributed by atoms with Gasteiger partial charge in [0.25, 0.3) is 0 Å². The summed E-state index contributed by atoms with van der Waals surface area (Å²) in [5.74, 6) is -0.491. The van der Waals surface area contributed by atoms with Crippen LogP contribution >= 0.6 is 15.9 Å². The van der Waals surface area contributed by atoms with E-state index in [9.17, 15) is 9.90 Å². The van der Waals surface area contributed by atoms with Crippen molar-refractivity contribution in [3.05, 3.63) is 0 Å². The fourth-order valence-electron chi connectivity index (χ4n) is 0.694. The third-order valence-electron chi connectivity index (χ3n) is 1.65. The molecular formula is C8H13BrO3. The fraction of sp³-hybridized carbons (Fsp3) is 0.875. The average molecular weight is 237 g/mol. The molecule has 0 aromatic rings. The summed E-state index contributed by atoms with van der Waals surface area (Å²) in [4.78, 5) is 11.1. The summed E-state index contributed by atoms with van der Waals surface area (Å²) in [5, 5.41) is 9.30. The number of rotatable bonds is 3. The van der Waals surface area contributed by atoms with Crippen LogP contribution in [0.2, 0.25) is 0 Å². The highest BCUT2D eigenvalue weighted by atomic mass is 79.9. The van der Waals surface area contributed by atoms with Gasteiger partial charge in [-0.25, -0.2) is 4.79 Å². The van der Waals surface area contributed by atoms with Crippen molar-refractivity contribution in [2.75, 3.05) is 6.61 Å². The van der Waals surface area contributed by atoms with Crippen molar-refractivity contribution in [1.82, 2.24) is 0 Å². The molecule has 0 aromatic carbocycles. The minimum atomic E-state index is -1.15. The van der Waals surface area contributed by atoms with Crippen molar-refractivity contribution < 1.29 is 14.6 Å². The van der Waals surface area contributed by atoms with Gasteiger partial charge in [0.2, 0.25) is 0 Å².